The standard InChI is InChI=1S/C20H16Cl2N2O3/c1-11-14-5-3-4-6-16(14)23-12(2)19(11)20(26)27-10-18(25)24-17-8-7-13(21)9-15(17)22/h3-9H,10H2,1-2H3,(H,24,25). The van der Waals surface area contributed by atoms with Crippen molar-refractivity contribution in [2.75, 3.05) is 11.9 Å². The lowest BCUT2D eigenvalue weighted by molar-refractivity contribution is -0.119. The van der Waals surface area contributed by atoms with Crippen molar-refractivity contribution in [1.29, 1.82) is 0 Å². The van der Waals surface area contributed by atoms with Gasteiger partial charge in [-0.2, -0.15) is 0 Å². The summed E-state index contributed by atoms with van der Waals surface area (Å²) in [5, 5.41) is 4.21. The molecular formula is C20H16Cl2N2O3. The molecule has 27 heavy (non-hydrogen) atoms. The van der Waals surface area contributed by atoms with E-state index in [4.69, 9.17) is 27.9 Å². The molecule has 0 radical (unpaired) electrons. The topological polar surface area (TPSA) is 68.3 Å². The molecule has 0 saturated carbocycles. The first kappa shape index (κ1) is 19.1. The van der Waals surface area contributed by atoms with Crippen molar-refractivity contribution in [2.45, 2.75) is 13.8 Å². The van der Waals surface area contributed by atoms with Gasteiger partial charge >= 0.3 is 5.97 Å². The molecule has 0 spiro atoms. The molecule has 0 saturated heterocycles. The first-order chi connectivity index (χ1) is 12.9. The van der Waals surface area contributed by atoms with E-state index >= 15 is 0 Å². The van der Waals surface area contributed by atoms with Crippen LogP contribution in [0.5, 0.6) is 0 Å². The molecule has 0 unspecified atom stereocenters. The molecule has 0 fully saturated rings. The third-order valence-corrected chi connectivity index (χ3v) is 4.62. The summed E-state index contributed by atoms with van der Waals surface area (Å²) in [6.45, 7) is 3.13. The lowest BCUT2D eigenvalue weighted by Crippen LogP contribution is -2.22. The zero-order chi connectivity index (χ0) is 19.6. The number of nitrogens with one attached hydrogen (secondary N) is 1. The van der Waals surface area contributed by atoms with E-state index in [0.29, 0.717) is 27.0 Å². The number of carbonyl (C=O) groups is 2. The Labute approximate surface area is 166 Å². The number of hydrogen-bond acceptors (Lipinski definition) is 4. The Balaban J connectivity index is 1.72. The fourth-order valence-corrected chi connectivity index (χ4v) is 3.27. The predicted molar refractivity (Wildman–Crippen MR) is 107 cm³/mol. The van der Waals surface area contributed by atoms with Crippen LogP contribution in [0.3, 0.4) is 0 Å². The van der Waals surface area contributed by atoms with Crippen molar-refractivity contribution in [3.63, 3.8) is 0 Å². The number of benzene rings is 2. The van der Waals surface area contributed by atoms with Crippen molar-refractivity contribution in [1.82, 2.24) is 4.98 Å². The van der Waals surface area contributed by atoms with E-state index in [1.165, 1.54) is 6.07 Å². The summed E-state index contributed by atoms with van der Waals surface area (Å²) in [4.78, 5) is 29.0. The minimum absolute atomic E-state index is 0.299. The number of halogens is 2. The third-order valence-electron chi connectivity index (χ3n) is 4.08. The van der Waals surface area contributed by atoms with Gasteiger partial charge in [-0.1, -0.05) is 41.4 Å². The molecule has 1 amide bonds. The highest BCUT2D eigenvalue weighted by molar-refractivity contribution is 6.36. The number of aromatic nitrogens is 1. The number of para-hydroxylation sites is 1. The summed E-state index contributed by atoms with van der Waals surface area (Å²) in [5.41, 5.74) is 2.88. The van der Waals surface area contributed by atoms with Gasteiger partial charge in [0.2, 0.25) is 0 Å². The normalized spacial score (nSPS) is 10.7. The molecule has 0 aliphatic rings. The van der Waals surface area contributed by atoms with Gasteiger partial charge in [0.1, 0.15) is 0 Å². The van der Waals surface area contributed by atoms with Crippen LogP contribution in [-0.4, -0.2) is 23.5 Å². The number of aryl methyl sites for hydroxylation is 2. The molecule has 138 valence electrons. The monoisotopic (exact) mass is 402 g/mol. The average molecular weight is 403 g/mol. The van der Waals surface area contributed by atoms with Crippen LogP contribution in [0, 0.1) is 13.8 Å². The van der Waals surface area contributed by atoms with Gasteiger partial charge in [0.25, 0.3) is 5.91 Å². The number of carbonyl (C=O) groups excluding carboxylic acids is 2. The van der Waals surface area contributed by atoms with Crippen LogP contribution in [0.2, 0.25) is 10.0 Å². The Morgan fingerprint density at radius 3 is 2.59 bits per heavy atom. The fourth-order valence-electron chi connectivity index (χ4n) is 2.81. The van der Waals surface area contributed by atoms with E-state index < -0.39 is 18.5 Å². The van der Waals surface area contributed by atoms with Crippen molar-refractivity contribution in [2.24, 2.45) is 0 Å². The minimum Gasteiger partial charge on any atom is -0.452 e. The Morgan fingerprint density at radius 1 is 1.11 bits per heavy atom. The molecule has 3 aromatic rings. The van der Waals surface area contributed by atoms with Crippen molar-refractivity contribution in [3.05, 3.63) is 69.3 Å². The van der Waals surface area contributed by atoms with Gasteiger partial charge < -0.3 is 10.1 Å². The van der Waals surface area contributed by atoms with Crippen LogP contribution in [0.15, 0.2) is 42.5 Å². The first-order valence-electron chi connectivity index (χ1n) is 8.15. The van der Waals surface area contributed by atoms with Gasteiger partial charge in [0.05, 0.1) is 27.5 Å². The van der Waals surface area contributed by atoms with Gasteiger partial charge in [-0.05, 0) is 43.7 Å². The highest BCUT2D eigenvalue weighted by atomic mass is 35.5. The maximum absolute atomic E-state index is 12.5. The number of fused-ring (bicyclic) bond motifs is 1. The molecule has 1 aromatic heterocycles. The van der Waals surface area contributed by atoms with Crippen LogP contribution in [0.1, 0.15) is 21.6 Å². The van der Waals surface area contributed by atoms with Gasteiger partial charge in [-0.3, -0.25) is 9.78 Å². The van der Waals surface area contributed by atoms with E-state index in [1.807, 2.05) is 31.2 Å². The van der Waals surface area contributed by atoms with E-state index in [2.05, 4.69) is 10.3 Å². The lowest BCUT2D eigenvalue weighted by Gasteiger charge is -2.12. The maximum Gasteiger partial charge on any atom is 0.340 e. The number of pyridine rings is 1. The van der Waals surface area contributed by atoms with Crippen LogP contribution in [0.4, 0.5) is 5.69 Å². The van der Waals surface area contributed by atoms with Crippen LogP contribution in [0.25, 0.3) is 10.9 Å². The van der Waals surface area contributed by atoms with E-state index in [0.717, 1.165) is 16.5 Å². The molecule has 0 aliphatic heterocycles. The number of anilines is 1. The Morgan fingerprint density at radius 2 is 1.85 bits per heavy atom. The Kier molecular flexibility index (Phi) is 5.63. The molecule has 0 bridgehead atoms. The highest BCUT2D eigenvalue weighted by Crippen LogP contribution is 2.26. The summed E-state index contributed by atoms with van der Waals surface area (Å²) >= 11 is 11.8. The molecule has 1 heterocycles. The summed E-state index contributed by atoms with van der Waals surface area (Å²) in [6.07, 6.45) is 0. The van der Waals surface area contributed by atoms with E-state index in [-0.39, 0.29) is 0 Å². The van der Waals surface area contributed by atoms with Crippen LogP contribution >= 0.6 is 23.2 Å². The SMILES string of the molecule is Cc1nc2ccccc2c(C)c1C(=O)OCC(=O)Nc1ccc(Cl)cc1Cl. The quantitative estimate of drug-likeness (QED) is 0.626. The largest absolute Gasteiger partial charge is 0.452 e. The Bertz CT molecular complexity index is 1050. The van der Waals surface area contributed by atoms with Gasteiger partial charge in [0, 0.05) is 10.4 Å². The van der Waals surface area contributed by atoms with Gasteiger partial charge in [-0.25, -0.2) is 4.79 Å². The van der Waals surface area contributed by atoms with E-state index in [1.54, 1.807) is 19.1 Å². The molecular weight excluding hydrogens is 387 g/mol. The summed E-state index contributed by atoms with van der Waals surface area (Å²) in [7, 11) is 0. The molecule has 5 nitrogen and oxygen atoms in total. The number of ether oxygens (including phenoxy) is 1. The van der Waals surface area contributed by atoms with Crippen molar-refractivity contribution in [3.8, 4) is 0 Å². The first-order valence-corrected chi connectivity index (χ1v) is 8.90. The predicted octanol–water partition coefficient (Wildman–Crippen LogP) is 4.95. The minimum atomic E-state index is -0.597. The second-order valence-corrected chi connectivity index (χ2v) is 6.81. The summed E-state index contributed by atoms with van der Waals surface area (Å²) < 4.78 is 5.18. The molecule has 2 aromatic carbocycles. The van der Waals surface area contributed by atoms with E-state index in [9.17, 15) is 9.59 Å². The molecule has 1 N–H and O–H groups in total. The maximum atomic E-state index is 12.5. The van der Waals surface area contributed by atoms with Crippen molar-refractivity contribution < 1.29 is 14.3 Å². The zero-order valence-corrected chi connectivity index (χ0v) is 16.2. The molecule has 0 aliphatic carbocycles. The second-order valence-electron chi connectivity index (χ2n) is 5.96. The van der Waals surface area contributed by atoms with Crippen LogP contribution in [-0.2, 0) is 9.53 Å². The fraction of sp³-hybridized carbons (Fsp3) is 0.150. The summed E-state index contributed by atoms with van der Waals surface area (Å²) in [5.74, 6) is -1.10. The van der Waals surface area contributed by atoms with Crippen molar-refractivity contribution >= 4 is 51.7 Å². The highest BCUT2D eigenvalue weighted by Gasteiger charge is 2.19. The average Bonchev–Trinajstić information content (AvgIpc) is 2.62. The zero-order valence-electron chi connectivity index (χ0n) is 14.7. The lowest BCUT2D eigenvalue weighted by atomic mass is 10.0. The summed E-state index contributed by atoms with van der Waals surface area (Å²) in [6, 6.07) is 12.2. The molecule has 0 atom stereocenters. The number of nitrogens with zero attached hydrogens (tertiary/aromatic N) is 1. The number of rotatable bonds is 4. The third kappa shape index (κ3) is 4.21. The second kappa shape index (κ2) is 7.94. The van der Waals surface area contributed by atoms with Gasteiger partial charge in [-0.15, -0.1) is 0 Å². The number of esters is 1. The smallest absolute Gasteiger partial charge is 0.340 e. The number of amides is 1. The van der Waals surface area contributed by atoms with Crippen LogP contribution < -0.4 is 5.32 Å². The molecule has 3 rings (SSSR count). The number of hydrogen-bond donors (Lipinski definition) is 1. The molecule has 7 heteroatoms. The van der Waals surface area contributed by atoms with Gasteiger partial charge in [0.15, 0.2) is 6.61 Å². The Hall–Kier alpha value is -2.63.